The standard InChI is InChI=1S/C12H16FN/c1-4-10(5-2)8-7-9-11(13)12(14)6-3/h4-9H,1,14H2,2-3H3/b8-7+,10-5+,11-9+,12-6+. The molecule has 0 atom stereocenters. The molecule has 0 amide bonds. The van der Waals surface area contributed by atoms with E-state index < -0.39 is 5.83 Å². The molecule has 76 valence electrons. The van der Waals surface area contributed by atoms with Gasteiger partial charge in [0.15, 0.2) is 0 Å². The van der Waals surface area contributed by atoms with Gasteiger partial charge in [0, 0.05) is 0 Å². The van der Waals surface area contributed by atoms with Crippen LogP contribution in [0, 0.1) is 0 Å². The van der Waals surface area contributed by atoms with E-state index >= 15 is 0 Å². The number of rotatable bonds is 4. The Hall–Kier alpha value is -1.57. The second-order valence-electron chi connectivity index (χ2n) is 2.61. The van der Waals surface area contributed by atoms with E-state index in [0.29, 0.717) is 0 Å². The van der Waals surface area contributed by atoms with Gasteiger partial charge in [0.05, 0.1) is 5.70 Å². The van der Waals surface area contributed by atoms with Crippen molar-refractivity contribution in [3.63, 3.8) is 0 Å². The lowest BCUT2D eigenvalue weighted by atomic mass is 10.2. The Kier molecular flexibility index (Phi) is 6.12. The highest BCUT2D eigenvalue weighted by Gasteiger charge is 1.93. The van der Waals surface area contributed by atoms with Gasteiger partial charge in [-0.1, -0.05) is 37.0 Å². The fourth-order valence-electron chi connectivity index (χ4n) is 0.760. The van der Waals surface area contributed by atoms with Crippen LogP contribution >= 0.6 is 0 Å². The van der Waals surface area contributed by atoms with Crippen molar-refractivity contribution in [3.8, 4) is 0 Å². The van der Waals surface area contributed by atoms with Gasteiger partial charge in [0.1, 0.15) is 5.83 Å². The van der Waals surface area contributed by atoms with E-state index in [2.05, 4.69) is 6.58 Å². The van der Waals surface area contributed by atoms with Gasteiger partial charge < -0.3 is 5.73 Å². The third kappa shape index (κ3) is 4.45. The van der Waals surface area contributed by atoms with Crippen LogP contribution in [-0.4, -0.2) is 0 Å². The summed E-state index contributed by atoms with van der Waals surface area (Å²) in [5, 5.41) is 0. The molecule has 0 unspecified atom stereocenters. The predicted octanol–water partition coefficient (Wildman–Crippen LogP) is 3.39. The molecule has 0 aliphatic heterocycles. The molecule has 0 aromatic rings. The SMILES string of the molecule is C=CC(/C=C/C=C(F)\C(N)=C/C)=C\C. The van der Waals surface area contributed by atoms with Crippen molar-refractivity contribution in [1.29, 1.82) is 0 Å². The lowest BCUT2D eigenvalue weighted by Crippen LogP contribution is -1.95. The Morgan fingerprint density at radius 2 is 1.93 bits per heavy atom. The summed E-state index contributed by atoms with van der Waals surface area (Å²) in [7, 11) is 0. The van der Waals surface area contributed by atoms with Gasteiger partial charge in [-0.15, -0.1) is 0 Å². The topological polar surface area (TPSA) is 26.0 Å². The third-order valence-electron chi connectivity index (χ3n) is 1.69. The Bertz CT molecular complexity index is 306. The smallest absolute Gasteiger partial charge is 0.145 e. The minimum Gasteiger partial charge on any atom is -0.397 e. The first-order valence-electron chi connectivity index (χ1n) is 4.40. The molecule has 0 heterocycles. The molecule has 0 aromatic heterocycles. The second-order valence-corrected chi connectivity index (χ2v) is 2.61. The summed E-state index contributed by atoms with van der Waals surface area (Å²) in [6.45, 7) is 7.19. The fraction of sp³-hybridized carbons (Fsp3) is 0.167. The first-order chi connectivity index (χ1) is 6.65. The Morgan fingerprint density at radius 1 is 1.29 bits per heavy atom. The van der Waals surface area contributed by atoms with E-state index in [1.165, 1.54) is 12.2 Å². The van der Waals surface area contributed by atoms with Crippen molar-refractivity contribution in [3.05, 3.63) is 60.1 Å². The summed E-state index contributed by atoms with van der Waals surface area (Å²) in [5.74, 6) is -0.428. The van der Waals surface area contributed by atoms with E-state index in [-0.39, 0.29) is 5.70 Å². The number of halogens is 1. The maximum absolute atomic E-state index is 13.0. The number of hydrogen-bond donors (Lipinski definition) is 1. The van der Waals surface area contributed by atoms with Crippen LogP contribution < -0.4 is 5.73 Å². The highest BCUT2D eigenvalue weighted by molar-refractivity contribution is 5.33. The van der Waals surface area contributed by atoms with Gasteiger partial charge in [-0.2, -0.15) is 0 Å². The molecule has 0 fully saturated rings. The van der Waals surface area contributed by atoms with Gasteiger partial charge in [0.2, 0.25) is 0 Å². The number of hydrogen-bond acceptors (Lipinski definition) is 1. The molecule has 0 radical (unpaired) electrons. The zero-order valence-electron chi connectivity index (χ0n) is 8.63. The highest BCUT2D eigenvalue weighted by Crippen LogP contribution is 2.06. The largest absolute Gasteiger partial charge is 0.397 e. The summed E-state index contributed by atoms with van der Waals surface area (Å²) < 4.78 is 13.0. The second kappa shape index (κ2) is 6.89. The Balaban J connectivity index is 4.50. The van der Waals surface area contributed by atoms with Crippen molar-refractivity contribution >= 4 is 0 Å². The molecular formula is C12H16FN. The van der Waals surface area contributed by atoms with Crippen molar-refractivity contribution < 1.29 is 4.39 Å². The summed E-state index contributed by atoms with van der Waals surface area (Å²) in [4.78, 5) is 0. The van der Waals surface area contributed by atoms with Crippen LogP contribution in [0.3, 0.4) is 0 Å². The van der Waals surface area contributed by atoms with Crippen molar-refractivity contribution in [2.24, 2.45) is 5.73 Å². The first kappa shape index (κ1) is 12.4. The maximum atomic E-state index is 13.0. The summed E-state index contributed by atoms with van der Waals surface area (Å²) in [6, 6.07) is 0. The Labute approximate surface area is 84.8 Å². The average molecular weight is 193 g/mol. The Morgan fingerprint density at radius 3 is 2.36 bits per heavy atom. The van der Waals surface area contributed by atoms with E-state index in [4.69, 9.17) is 5.73 Å². The molecule has 0 aromatic carbocycles. The van der Waals surface area contributed by atoms with Crippen LogP contribution in [-0.2, 0) is 0 Å². The summed E-state index contributed by atoms with van der Waals surface area (Å²) in [6.07, 6.45) is 9.78. The van der Waals surface area contributed by atoms with Crippen molar-refractivity contribution in [2.75, 3.05) is 0 Å². The van der Waals surface area contributed by atoms with E-state index in [9.17, 15) is 4.39 Å². The molecule has 14 heavy (non-hydrogen) atoms. The predicted molar refractivity (Wildman–Crippen MR) is 60.2 cm³/mol. The van der Waals surface area contributed by atoms with Crippen molar-refractivity contribution in [1.82, 2.24) is 0 Å². The monoisotopic (exact) mass is 193 g/mol. The van der Waals surface area contributed by atoms with Crippen LogP contribution in [0.4, 0.5) is 4.39 Å². The summed E-state index contributed by atoms with van der Waals surface area (Å²) >= 11 is 0. The van der Waals surface area contributed by atoms with Crippen LogP contribution in [0.2, 0.25) is 0 Å². The summed E-state index contributed by atoms with van der Waals surface area (Å²) in [5.41, 5.74) is 6.43. The third-order valence-corrected chi connectivity index (χ3v) is 1.69. The quantitative estimate of drug-likeness (QED) is 0.680. The van der Waals surface area contributed by atoms with E-state index in [1.807, 2.05) is 13.0 Å². The van der Waals surface area contributed by atoms with Gasteiger partial charge in [0.25, 0.3) is 0 Å². The molecule has 0 aliphatic rings. The molecule has 2 heteroatoms. The molecule has 2 N–H and O–H groups in total. The normalized spacial score (nSPS) is 14.9. The molecule has 0 saturated carbocycles. The van der Waals surface area contributed by atoms with Crippen LogP contribution in [0.15, 0.2) is 60.1 Å². The average Bonchev–Trinajstić information content (AvgIpc) is 2.22. The minimum absolute atomic E-state index is 0.148. The fourth-order valence-corrected chi connectivity index (χ4v) is 0.760. The maximum Gasteiger partial charge on any atom is 0.145 e. The lowest BCUT2D eigenvalue weighted by molar-refractivity contribution is 0.648. The zero-order valence-corrected chi connectivity index (χ0v) is 8.63. The minimum atomic E-state index is -0.428. The van der Waals surface area contributed by atoms with Gasteiger partial charge in [-0.25, -0.2) is 4.39 Å². The molecule has 0 saturated heterocycles. The molecule has 1 nitrogen and oxygen atoms in total. The van der Waals surface area contributed by atoms with Gasteiger partial charge >= 0.3 is 0 Å². The van der Waals surface area contributed by atoms with Crippen molar-refractivity contribution in [2.45, 2.75) is 13.8 Å². The van der Waals surface area contributed by atoms with Crippen LogP contribution in [0.25, 0.3) is 0 Å². The molecule has 0 bridgehead atoms. The highest BCUT2D eigenvalue weighted by atomic mass is 19.1. The zero-order chi connectivity index (χ0) is 11.0. The molecule has 0 spiro atoms. The number of allylic oxidation sites excluding steroid dienone is 8. The molecular weight excluding hydrogens is 177 g/mol. The van der Waals surface area contributed by atoms with Gasteiger partial charge in [-0.05, 0) is 25.5 Å². The van der Waals surface area contributed by atoms with E-state index in [0.717, 1.165) is 5.57 Å². The van der Waals surface area contributed by atoms with Crippen LogP contribution in [0.5, 0.6) is 0 Å². The lowest BCUT2D eigenvalue weighted by Gasteiger charge is -1.93. The van der Waals surface area contributed by atoms with E-state index in [1.54, 1.807) is 25.2 Å². The first-order valence-corrected chi connectivity index (χ1v) is 4.40. The molecule has 0 aliphatic carbocycles. The number of nitrogens with two attached hydrogens (primary N) is 1. The van der Waals surface area contributed by atoms with Crippen LogP contribution in [0.1, 0.15) is 13.8 Å². The van der Waals surface area contributed by atoms with Gasteiger partial charge in [-0.3, -0.25) is 0 Å². The molecule has 0 rings (SSSR count).